The van der Waals surface area contributed by atoms with E-state index in [1.807, 2.05) is 12.1 Å². The van der Waals surface area contributed by atoms with E-state index in [0.717, 1.165) is 17.7 Å². The van der Waals surface area contributed by atoms with Gasteiger partial charge in [0.1, 0.15) is 5.65 Å². The van der Waals surface area contributed by atoms with Gasteiger partial charge in [-0.05, 0) is 43.3 Å². The number of carbonyl (C=O) groups excluding carboxylic acids is 1. The van der Waals surface area contributed by atoms with Crippen molar-refractivity contribution in [2.45, 2.75) is 13.1 Å². The largest absolute Gasteiger partial charge is 0.412 e. The van der Waals surface area contributed by atoms with Gasteiger partial charge in [0.15, 0.2) is 0 Å². The van der Waals surface area contributed by atoms with Crippen LogP contribution in [0.4, 0.5) is 30.2 Å². The van der Waals surface area contributed by atoms with Gasteiger partial charge in [0.05, 0.1) is 5.69 Å². The number of halogens is 3. The SMILES string of the molecule is C/C(=C/C(=O)Nc1ccc(Nc2ccnc3[nH]c(=O)c4ccccc4c23)cc1)C(F)(F)F. The van der Waals surface area contributed by atoms with Crippen molar-refractivity contribution in [3.05, 3.63) is 82.8 Å². The van der Waals surface area contributed by atoms with Crippen molar-refractivity contribution in [1.29, 1.82) is 0 Å². The van der Waals surface area contributed by atoms with E-state index in [0.29, 0.717) is 34.2 Å². The van der Waals surface area contributed by atoms with E-state index in [1.54, 1.807) is 48.7 Å². The summed E-state index contributed by atoms with van der Waals surface area (Å²) in [5.74, 6) is -0.865. The molecule has 0 aliphatic carbocycles. The molecule has 2 heterocycles. The van der Waals surface area contributed by atoms with E-state index < -0.39 is 17.7 Å². The summed E-state index contributed by atoms with van der Waals surface area (Å²) in [6.45, 7) is 0.836. The zero-order valence-electron chi connectivity index (χ0n) is 16.7. The molecule has 162 valence electrons. The third kappa shape index (κ3) is 4.31. The fourth-order valence-electron chi connectivity index (χ4n) is 3.26. The molecule has 4 aromatic rings. The highest BCUT2D eigenvalue weighted by Gasteiger charge is 2.30. The number of alkyl halides is 3. The quantitative estimate of drug-likeness (QED) is 0.299. The normalized spacial score (nSPS) is 12.2. The van der Waals surface area contributed by atoms with Gasteiger partial charge in [-0.15, -0.1) is 0 Å². The van der Waals surface area contributed by atoms with Gasteiger partial charge in [0.2, 0.25) is 5.91 Å². The lowest BCUT2D eigenvalue weighted by Crippen LogP contribution is -2.14. The Labute approximate surface area is 179 Å². The van der Waals surface area contributed by atoms with Gasteiger partial charge in [-0.3, -0.25) is 9.59 Å². The zero-order valence-corrected chi connectivity index (χ0v) is 16.7. The van der Waals surface area contributed by atoms with Crippen LogP contribution in [0.2, 0.25) is 0 Å². The first-order valence-corrected chi connectivity index (χ1v) is 9.56. The third-order valence-corrected chi connectivity index (χ3v) is 4.85. The molecule has 0 aliphatic rings. The summed E-state index contributed by atoms with van der Waals surface area (Å²) < 4.78 is 37.7. The molecule has 1 amide bonds. The Kier molecular flexibility index (Phi) is 5.40. The molecule has 0 fully saturated rings. The number of rotatable bonds is 4. The van der Waals surface area contributed by atoms with Gasteiger partial charge in [-0.25, -0.2) is 4.98 Å². The maximum atomic E-state index is 12.6. The van der Waals surface area contributed by atoms with Crippen molar-refractivity contribution in [1.82, 2.24) is 9.97 Å². The standard InChI is InChI=1S/C23H17F3N4O2/c1-13(23(24,25)26)12-19(31)29-15-8-6-14(7-9-15)28-18-10-11-27-21-20(18)16-4-2-3-5-17(16)22(32)30-21/h2-12H,1H3,(H,29,31)(H2,27,28,30,32)/b13-12-. The predicted octanol–water partition coefficient (Wildman–Crippen LogP) is 5.27. The van der Waals surface area contributed by atoms with Crippen LogP contribution in [0.1, 0.15) is 6.92 Å². The van der Waals surface area contributed by atoms with Gasteiger partial charge in [0, 0.05) is 45.4 Å². The molecule has 2 aromatic carbocycles. The highest BCUT2D eigenvalue weighted by molar-refractivity contribution is 6.10. The maximum Gasteiger partial charge on any atom is 0.412 e. The second-order valence-corrected chi connectivity index (χ2v) is 7.10. The number of H-pyrrole nitrogens is 1. The van der Waals surface area contributed by atoms with E-state index in [4.69, 9.17) is 0 Å². The summed E-state index contributed by atoms with van der Waals surface area (Å²) in [5.41, 5.74) is 0.960. The van der Waals surface area contributed by atoms with Gasteiger partial charge in [-0.1, -0.05) is 18.2 Å². The molecule has 0 bridgehead atoms. The summed E-state index contributed by atoms with van der Waals surface area (Å²) in [4.78, 5) is 31.1. The number of allylic oxidation sites excluding steroid dienone is 1. The van der Waals surface area contributed by atoms with E-state index in [-0.39, 0.29) is 5.56 Å². The van der Waals surface area contributed by atoms with E-state index in [9.17, 15) is 22.8 Å². The van der Waals surface area contributed by atoms with Gasteiger partial charge in [0.25, 0.3) is 5.56 Å². The lowest BCUT2D eigenvalue weighted by atomic mass is 10.1. The van der Waals surface area contributed by atoms with Crippen molar-refractivity contribution < 1.29 is 18.0 Å². The van der Waals surface area contributed by atoms with Crippen LogP contribution in [0.5, 0.6) is 0 Å². The fraction of sp³-hybridized carbons (Fsp3) is 0.0870. The van der Waals surface area contributed by atoms with Crippen LogP contribution in [-0.2, 0) is 4.79 Å². The summed E-state index contributed by atoms with van der Waals surface area (Å²) >= 11 is 0. The summed E-state index contributed by atoms with van der Waals surface area (Å²) in [6, 6.07) is 15.5. The second kappa shape index (κ2) is 8.18. The lowest BCUT2D eigenvalue weighted by Gasteiger charge is -2.12. The first-order valence-electron chi connectivity index (χ1n) is 9.56. The Morgan fingerprint density at radius 2 is 1.66 bits per heavy atom. The summed E-state index contributed by atoms with van der Waals surface area (Å²) in [5, 5.41) is 7.69. The van der Waals surface area contributed by atoms with E-state index in [1.165, 1.54) is 0 Å². The van der Waals surface area contributed by atoms with Gasteiger partial charge in [-0.2, -0.15) is 13.2 Å². The molecule has 6 nitrogen and oxygen atoms in total. The number of nitrogens with zero attached hydrogens (tertiary/aromatic N) is 1. The second-order valence-electron chi connectivity index (χ2n) is 7.10. The Morgan fingerprint density at radius 1 is 1.00 bits per heavy atom. The molecule has 0 radical (unpaired) electrons. The first-order chi connectivity index (χ1) is 15.2. The lowest BCUT2D eigenvalue weighted by molar-refractivity contribution is -0.113. The summed E-state index contributed by atoms with van der Waals surface area (Å²) in [6.07, 6.45) is -2.46. The van der Waals surface area contributed by atoms with Crippen molar-refractivity contribution >= 4 is 44.8 Å². The minimum Gasteiger partial charge on any atom is -0.355 e. The van der Waals surface area contributed by atoms with Crippen LogP contribution in [0.3, 0.4) is 0 Å². The van der Waals surface area contributed by atoms with Gasteiger partial charge >= 0.3 is 6.18 Å². The number of amides is 1. The number of carbonyl (C=O) groups is 1. The minimum absolute atomic E-state index is 0.229. The summed E-state index contributed by atoms with van der Waals surface area (Å²) in [7, 11) is 0. The van der Waals surface area contributed by atoms with Crippen LogP contribution in [0.25, 0.3) is 21.8 Å². The van der Waals surface area contributed by atoms with E-state index in [2.05, 4.69) is 20.6 Å². The topological polar surface area (TPSA) is 86.9 Å². The number of benzene rings is 2. The highest BCUT2D eigenvalue weighted by Crippen LogP contribution is 2.30. The van der Waals surface area contributed by atoms with Crippen LogP contribution >= 0.6 is 0 Å². The van der Waals surface area contributed by atoms with Gasteiger partial charge < -0.3 is 15.6 Å². The Morgan fingerprint density at radius 3 is 2.34 bits per heavy atom. The molecular formula is C23H17F3N4O2. The van der Waals surface area contributed by atoms with Crippen molar-refractivity contribution in [3.8, 4) is 0 Å². The maximum absolute atomic E-state index is 12.6. The number of nitrogens with one attached hydrogen (secondary N) is 3. The average molecular weight is 438 g/mol. The Hall–Kier alpha value is -4.14. The molecule has 0 unspecified atom stereocenters. The van der Waals surface area contributed by atoms with E-state index >= 15 is 0 Å². The molecule has 2 aromatic heterocycles. The molecule has 0 atom stereocenters. The average Bonchev–Trinajstić information content (AvgIpc) is 2.74. The molecule has 0 saturated carbocycles. The number of fused-ring (bicyclic) bond motifs is 3. The van der Waals surface area contributed by atoms with Crippen LogP contribution in [0, 0.1) is 0 Å². The number of aromatic nitrogens is 2. The number of aromatic amines is 1. The van der Waals surface area contributed by atoms with Crippen LogP contribution in [0.15, 0.2) is 77.2 Å². The van der Waals surface area contributed by atoms with Crippen molar-refractivity contribution in [3.63, 3.8) is 0 Å². The van der Waals surface area contributed by atoms with Crippen molar-refractivity contribution in [2.24, 2.45) is 0 Å². The first kappa shape index (κ1) is 21.1. The Bertz CT molecular complexity index is 1410. The highest BCUT2D eigenvalue weighted by atomic mass is 19.4. The fourth-order valence-corrected chi connectivity index (χ4v) is 3.26. The van der Waals surface area contributed by atoms with Crippen LogP contribution in [-0.4, -0.2) is 22.1 Å². The zero-order chi connectivity index (χ0) is 22.9. The predicted molar refractivity (Wildman–Crippen MR) is 118 cm³/mol. The number of pyridine rings is 2. The smallest absolute Gasteiger partial charge is 0.355 e. The molecule has 4 rings (SSSR count). The third-order valence-electron chi connectivity index (χ3n) is 4.85. The molecule has 0 spiro atoms. The molecule has 0 aliphatic heterocycles. The molecule has 0 saturated heterocycles. The minimum atomic E-state index is -4.55. The molecule has 32 heavy (non-hydrogen) atoms. The van der Waals surface area contributed by atoms with Crippen molar-refractivity contribution in [2.75, 3.05) is 10.6 Å². The number of hydrogen-bond acceptors (Lipinski definition) is 4. The monoisotopic (exact) mass is 438 g/mol. The Balaban J connectivity index is 1.60. The number of hydrogen-bond donors (Lipinski definition) is 3. The number of anilines is 3. The molecular weight excluding hydrogens is 421 g/mol. The van der Waals surface area contributed by atoms with Crippen LogP contribution < -0.4 is 16.2 Å². The molecule has 9 heteroatoms. The molecule has 3 N–H and O–H groups in total.